The standard InChI is InChI=1S/C17H26N2O/c1-13-5-3-4-6-17(13)14-9-15(10-14)18-11-16-12-19(2)7-8-20-16/h3-6,14-16,18H,7-12H2,1-2H3. The first-order chi connectivity index (χ1) is 9.72. The predicted molar refractivity (Wildman–Crippen MR) is 82.2 cm³/mol. The molecule has 1 saturated heterocycles. The molecular formula is C17H26N2O. The van der Waals surface area contributed by atoms with Crippen LogP contribution in [0.15, 0.2) is 24.3 Å². The molecule has 1 N–H and O–H groups in total. The topological polar surface area (TPSA) is 24.5 Å². The summed E-state index contributed by atoms with van der Waals surface area (Å²) in [5.74, 6) is 0.753. The van der Waals surface area contributed by atoms with Crippen molar-refractivity contribution in [2.45, 2.75) is 37.8 Å². The second-order valence-electron chi connectivity index (χ2n) is 6.39. The smallest absolute Gasteiger partial charge is 0.0826 e. The number of likely N-dealkylation sites (N-methyl/N-ethyl adjacent to an activating group) is 1. The molecule has 1 heterocycles. The Hall–Kier alpha value is -0.900. The lowest BCUT2D eigenvalue weighted by atomic mass is 9.74. The molecule has 1 aromatic rings. The van der Waals surface area contributed by atoms with Gasteiger partial charge in [0.15, 0.2) is 0 Å². The number of ether oxygens (including phenoxy) is 1. The summed E-state index contributed by atoms with van der Waals surface area (Å²) in [7, 11) is 2.17. The van der Waals surface area contributed by atoms with Crippen LogP contribution < -0.4 is 5.32 Å². The fraction of sp³-hybridized carbons (Fsp3) is 0.647. The number of nitrogens with zero attached hydrogens (tertiary/aromatic N) is 1. The molecular weight excluding hydrogens is 248 g/mol. The van der Waals surface area contributed by atoms with Crippen molar-refractivity contribution in [2.24, 2.45) is 0 Å². The third-order valence-corrected chi connectivity index (χ3v) is 4.74. The van der Waals surface area contributed by atoms with Crippen LogP contribution in [0.4, 0.5) is 0 Å². The summed E-state index contributed by atoms with van der Waals surface area (Å²) in [6.45, 7) is 6.22. The average Bonchev–Trinajstić information content (AvgIpc) is 2.39. The summed E-state index contributed by atoms with van der Waals surface area (Å²) >= 11 is 0. The number of morpholine rings is 1. The molecule has 20 heavy (non-hydrogen) atoms. The first-order valence-corrected chi connectivity index (χ1v) is 7.81. The molecule has 0 radical (unpaired) electrons. The minimum Gasteiger partial charge on any atom is -0.374 e. The highest BCUT2D eigenvalue weighted by atomic mass is 16.5. The van der Waals surface area contributed by atoms with Crippen molar-refractivity contribution in [2.75, 3.05) is 33.3 Å². The number of hydrogen-bond acceptors (Lipinski definition) is 3. The zero-order valence-electron chi connectivity index (χ0n) is 12.6. The molecule has 2 fully saturated rings. The summed E-state index contributed by atoms with van der Waals surface area (Å²) < 4.78 is 5.79. The number of nitrogens with one attached hydrogen (secondary N) is 1. The van der Waals surface area contributed by atoms with E-state index in [0.717, 1.165) is 32.2 Å². The largest absolute Gasteiger partial charge is 0.374 e. The molecule has 0 aromatic heterocycles. The summed E-state index contributed by atoms with van der Waals surface area (Å²) in [4.78, 5) is 2.35. The molecule has 1 unspecified atom stereocenters. The van der Waals surface area contributed by atoms with E-state index >= 15 is 0 Å². The fourth-order valence-corrected chi connectivity index (χ4v) is 3.37. The van der Waals surface area contributed by atoms with Crippen molar-refractivity contribution in [3.05, 3.63) is 35.4 Å². The van der Waals surface area contributed by atoms with Gasteiger partial charge in [0.05, 0.1) is 12.7 Å². The zero-order valence-corrected chi connectivity index (χ0v) is 12.6. The molecule has 0 amide bonds. The van der Waals surface area contributed by atoms with E-state index in [0.29, 0.717) is 12.1 Å². The van der Waals surface area contributed by atoms with Crippen molar-refractivity contribution in [1.29, 1.82) is 0 Å². The van der Waals surface area contributed by atoms with Crippen molar-refractivity contribution >= 4 is 0 Å². The van der Waals surface area contributed by atoms with E-state index in [9.17, 15) is 0 Å². The van der Waals surface area contributed by atoms with E-state index in [2.05, 4.69) is 48.5 Å². The molecule has 3 nitrogen and oxygen atoms in total. The van der Waals surface area contributed by atoms with Crippen molar-refractivity contribution < 1.29 is 4.74 Å². The summed E-state index contributed by atoms with van der Waals surface area (Å²) in [6, 6.07) is 9.48. The second-order valence-corrected chi connectivity index (χ2v) is 6.39. The molecule has 3 heteroatoms. The van der Waals surface area contributed by atoms with Gasteiger partial charge in [-0.05, 0) is 43.9 Å². The minimum atomic E-state index is 0.367. The van der Waals surface area contributed by atoms with Gasteiger partial charge in [0.2, 0.25) is 0 Å². The van der Waals surface area contributed by atoms with Crippen LogP contribution in [-0.4, -0.2) is 50.3 Å². The Morgan fingerprint density at radius 2 is 2.10 bits per heavy atom. The molecule has 2 aliphatic rings. The van der Waals surface area contributed by atoms with Gasteiger partial charge in [0, 0.05) is 25.7 Å². The molecule has 0 bridgehead atoms. The van der Waals surface area contributed by atoms with Gasteiger partial charge in [-0.25, -0.2) is 0 Å². The maximum Gasteiger partial charge on any atom is 0.0826 e. The van der Waals surface area contributed by atoms with Gasteiger partial charge in [-0.1, -0.05) is 24.3 Å². The van der Waals surface area contributed by atoms with E-state index in [-0.39, 0.29) is 0 Å². The molecule has 0 spiro atoms. The Bertz CT molecular complexity index is 442. The van der Waals surface area contributed by atoms with E-state index < -0.39 is 0 Å². The zero-order chi connectivity index (χ0) is 13.9. The first-order valence-electron chi connectivity index (χ1n) is 7.81. The number of hydrogen-bond donors (Lipinski definition) is 1. The van der Waals surface area contributed by atoms with E-state index in [4.69, 9.17) is 4.74 Å². The maximum absolute atomic E-state index is 5.79. The Kier molecular flexibility index (Phi) is 4.39. The highest BCUT2D eigenvalue weighted by Gasteiger charge is 2.31. The predicted octanol–water partition coefficient (Wildman–Crippen LogP) is 2.16. The Morgan fingerprint density at radius 3 is 2.85 bits per heavy atom. The molecule has 1 saturated carbocycles. The highest BCUT2D eigenvalue weighted by Crippen LogP contribution is 2.38. The van der Waals surface area contributed by atoms with Crippen LogP contribution in [0.3, 0.4) is 0 Å². The van der Waals surface area contributed by atoms with Crippen molar-refractivity contribution in [3.8, 4) is 0 Å². The lowest BCUT2D eigenvalue weighted by Gasteiger charge is -2.39. The SMILES string of the molecule is Cc1ccccc1C1CC(NCC2CN(C)CCO2)C1. The van der Waals surface area contributed by atoms with Crippen molar-refractivity contribution in [3.63, 3.8) is 0 Å². The minimum absolute atomic E-state index is 0.367. The van der Waals surface area contributed by atoms with Gasteiger partial charge in [0.25, 0.3) is 0 Å². The third-order valence-electron chi connectivity index (χ3n) is 4.74. The summed E-state index contributed by atoms with van der Waals surface area (Å²) in [5.41, 5.74) is 2.98. The van der Waals surface area contributed by atoms with Gasteiger partial charge in [-0.15, -0.1) is 0 Å². The van der Waals surface area contributed by atoms with Crippen molar-refractivity contribution in [1.82, 2.24) is 10.2 Å². The Labute approximate surface area is 122 Å². The lowest BCUT2D eigenvalue weighted by Crippen LogP contribution is -2.49. The normalized spacial score (nSPS) is 31.0. The molecule has 3 rings (SSSR count). The van der Waals surface area contributed by atoms with Crippen LogP contribution in [0.25, 0.3) is 0 Å². The molecule has 1 atom stereocenters. The average molecular weight is 274 g/mol. The van der Waals surface area contributed by atoms with Gasteiger partial charge in [0.1, 0.15) is 0 Å². The van der Waals surface area contributed by atoms with E-state index in [1.54, 1.807) is 5.56 Å². The molecule has 1 aliphatic heterocycles. The summed E-state index contributed by atoms with van der Waals surface area (Å²) in [5, 5.41) is 3.68. The van der Waals surface area contributed by atoms with E-state index in [1.807, 2.05) is 0 Å². The van der Waals surface area contributed by atoms with Crippen LogP contribution in [-0.2, 0) is 4.74 Å². The van der Waals surface area contributed by atoms with Crippen LogP contribution in [0, 0.1) is 6.92 Å². The lowest BCUT2D eigenvalue weighted by molar-refractivity contribution is -0.0207. The number of rotatable bonds is 4. The number of aryl methyl sites for hydroxylation is 1. The van der Waals surface area contributed by atoms with Crippen LogP contribution in [0.1, 0.15) is 29.9 Å². The first kappa shape index (κ1) is 14.1. The Balaban J connectivity index is 1.41. The number of benzene rings is 1. The maximum atomic E-state index is 5.79. The second kappa shape index (κ2) is 6.25. The van der Waals surface area contributed by atoms with Crippen LogP contribution in [0.5, 0.6) is 0 Å². The summed E-state index contributed by atoms with van der Waals surface area (Å²) in [6.07, 6.45) is 2.91. The quantitative estimate of drug-likeness (QED) is 0.910. The van der Waals surface area contributed by atoms with E-state index in [1.165, 1.54) is 18.4 Å². The van der Waals surface area contributed by atoms with Gasteiger partial charge >= 0.3 is 0 Å². The van der Waals surface area contributed by atoms with Crippen LogP contribution >= 0.6 is 0 Å². The van der Waals surface area contributed by atoms with Crippen LogP contribution in [0.2, 0.25) is 0 Å². The molecule has 1 aromatic carbocycles. The third kappa shape index (κ3) is 3.22. The Morgan fingerprint density at radius 1 is 1.30 bits per heavy atom. The molecule has 110 valence electrons. The van der Waals surface area contributed by atoms with Gasteiger partial charge < -0.3 is 15.0 Å². The van der Waals surface area contributed by atoms with Gasteiger partial charge in [-0.2, -0.15) is 0 Å². The van der Waals surface area contributed by atoms with Gasteiger partial charge in [-0.3, -0.25) is 0 Å². The monoisotopic (exact) mass is 274 g/mol. The molecule has 1 aliphatic carbocycles. The fourth-order valence-electron chi connectivity index (χ4n) is 3.37. The highest BCUT2D eigenvalue weighted by molar-refractivity contribution is 5.31.